The van der Waals surface area contributed by atoms with E-state index in [1.165, 1.54) is 27.2 Å². The molecule has 344 valence electrons. The number of sulfonamides is 1. The Bertz CT molecular complexity index is 2370. The number of methoxy groups -OCH3 is 2. The Balaban J connectivity index is 1.30. The first-order chi connectivity index (χ1) is 29.5. The number of alkyl carbamates (subject to hydrolysis) is 1. The number of pyridine rings is 1. The third-order valence-electron chi connectivity index (χ3n) is 13.1. The number of allylic oxidation sites excluding steroid dienone is 1. The lowest BCUT2D eigenvalue weighted by molar-refractivity contribution is -0.141. The van der Waals surface area contributed by atoms with Crippen molar-refractivity contribution in [1.82, 2.24) is 25.2 Å². The zero-order chi connectivity index (χ0) is 45.9. The number of carbonyl (C=O) groups is 4. The first-order valence-corrected chi connectivity index (χ1v) is 23.1. The fourth-order valence-electron chi connectivity index (χ4n) is 8.97. The van der Waals surface area contributed by atoms with Gasteiger partial charge in [0.05, 0.1) is 47.3 Å². The highest BCUT2D eigenvalue weighted by molar-refractivity contribution is 7.91. The Kier molecular flexibility index (Phi) is 12.1. The average molecular weight is 901 g/mol. The van der Waals surface area contributed by atoms with Gasteiger partial charge in [-0.25, -0.2) is 31.7 Å². The molecule has 4 amide bonds. The maximum atomic E-state index is 17.2. The van der Waals surface area contributed by atoms with Crippen LogP contribution in [0.25, 0.3) is 10.9 Å². The van der Waals surface area contributed by atoms with Gasteiger partial charge in [-0.1, -0.05) is 39.2 Å². The summed E-state index contributed by atoms with van der Waals surface area (Å²) in [5.41, 5.74) is -5.19. The van der Waals surface area contributed by atoms with Crippen molar-refractivity contribution in [2.75, 3.05) is 27.4 Å². The van der Waals surface area contributed by atoms with E-state index in [4.69, 9.17) is 29.3 Å². The second kappa shape index (κ2) is 16.6. The molecule has 7 rings (SSSR count). The molecule has 2 aliphatic carbocycles. The molecule has 63 heavy (non-hydrogen) atoms. The number of alkyl halides is 2. The van der Waals surface area contributed by atoms with E-state index in [-0.39, 0.29) is 34.5 Å². The highest BCUT2D eigenvalue weighted by Gasteiger charge is 2.67. The number of hydrogen-bond acceptors (Lipinski definition) is 12. The zero-order valence-electron chi connectivity index (χ0n) is 36.9. The van der Waals surface area contributed by atoms with Gasteiger partial charge in [0.25, 0.3) is 11.8 Å². The van der Waals surface area contributed by atoms with Crippen molar-refractivity contribution < 1.29 is 55.3 Å². The summed E-state index contributed by atoms with van der Waals surface area (Å²) in [5.74, 6) is -6.79. The molecule has 2 saturated carbocycles. The lowest BCUT2D eigenvalue weighted by atomic mass is 9.83. The van der Waals surface area contributed by atoms with Gasteiger partial charge >= 0.3 is 6.09 Å². The van der Waals surface area contributed by atoms with Gasteiger partial charge in [-0.05, 0) is 77.0 Å². The molecule has 0 bridgehead atoms. The second-order valence-electron chi connectivity index (χ2n) is 18.8. The van der Waals surface area contributed by atoms with E-state index in [0.717, 1.165) is 4.90 Å². The highest BCUT2D eigenvalue weighted by Crippen LogP contribution is 2.55. The van der Waals surface area contributed by atoms with E-state index in [1.807, 2.05) is 0 Å². The summed E-state index contributed by atoms with van der Waals surface area (Å²) in [6, 6.07) is 1.81. The SMILES string of the molecule is COCCC(C)(C)OC(=O)NC1CCCCCCC=C2C(=N)C2(C(=O)NS(=O)(=O)C2(C)CC2)NC(=O)C2CC3(CN2C1=O)CC(F)(F)c1c(c(C(C)C)nc2ccc(OC)cc12)O3. The molecular weight excluding hydrogens is 843 g/mol. The maximum absolute atomic E-state index is 17.2. The molecule has 1 spiro atoms. The lowest BCUT2D eigenvalue weighted by Crippen LogP contribution is -2.59. The molecule has 0 radical (unpaired) electrons. The highest BCUT2D eigenvalue weighted by atomic mass is 32.2. The molecule has 2 aromatic rings. The number of fused-ring (bicyclic) bond motifs is 5. The van der Waals surface area contributed by atoms with Gasteiger partial charge in [0.2, 0.25) is 21.8 Å². The topological polar surface area (TPSA) is 215 Å². The number of ether oxygens (including phenoxy) is 4. The van der Waals surface area contributed by atoms with Crippen molar-refractivity contribution in [2.24, 2.45) is 0 Å². The van der Waals surface area contributed by atoms with Crippen molar-refractivity contribution in [3.8, 4) is 11.5 Å². The summed E-state index contributed by atoms with van der Waals surface area (Å²) in [6.07, 6.45) is 3.08. The number of nitrogens with one attached hydrogen (secondary N) is 4. The normalized spacial score (nSPS) is 26.9. The molecule has 1 aromatic heterocycles. The van der Waals surface area contributed by atoms with Crippen LogP contribution in [-0.2, 0) is 39.8 Å². The van der Waals surface area contributed by atoms with E-state index in [0.29, 0.717) is 69.2 Å². The summed E-state index contributed by atoms with van der Waals surface area (Å²) in [4.78, 5) is 63.3. The van der Waals surface area contributed by atoms with Crippen molar-refractivity contribution in [3.05, 3.63) is 41.1 Å². The van der Waals surface area contributed by atoms with E-state index >= 15 is 8.78 Å². The summed E-state index contributed by atoms with van der Waals surface area (Å²) >= 11 is 0. The number of amides is 4. The molecule has 4 unspecified atom stereocenters. The van der Waals surface area contributed by atoms with Gasteiger partial charge < -0.3 is 39.9 Å². The molecule has 19 heteroatoms. The lowest BCUT2D eigenvalue weighted by Gasteiger charge is -2.41. The molecule has 4 N–H and O–H groups in total. The first kappa shape index (κ1) is 46.1. The fraction of sp³-hybridized carbons (Fsp3) is 0.636. The third-order valence-corrected chi connectivity index (χ3v) is 15.2. The molecule has 3 fully saturated rings. The van der Waals surface area contributed by atoms with Crippen LogP contribution in [0.3, 0.4) is 0 Å². The molecular formula is C44H58F2N6O10S. The quantitative estimate of drug-likeness (QED) is 0.228. The minimum absolute atomic E-state index is 0.104. The van der Waals surface area contributed by atoms with Crippen LogP contribution in [0.2, 0.25) is 0 Å². The predicted octanol–water partition coefficient (Wildman–Crippen LogP) is 5.66. The van der Waals surface area contributed by atoms with Crippen LogP contribution < -0.4 is 24.8 Å². The number of carbonyl (C=O) groups excluding carboxylic acids is 4. The van der Waals surface area contributed by atoms with E-state index in [9.17, 15) is 27.6 Å². The van der Waals surface area contributed by atoms with Gasteiger partial charge in [-0.2, -0.15) is 0 Å². The molecule has 1 saturated heterocycles. The first-order valence-electron chi connectivity index (χ1n) is 21.6. The Hall–Kier alpha value is -4.91. The van der Waals surface area contributed by atoms with Gasteiger partial charge in [0.1, 0.15) is 29.0 Å². The Labute approximate surface area is 366 Å². The number of benzene rings is 1. The third kappa shape index (κ3) is 8.70. The minimum Gasteiger partial charge on any atom is -0.497 e. The van der Waals surface area contributed by atoms with Crippen LogP contribution in [0, 0.1) is 5.41 Å². The van der Waals surface area contributed by atoms with Crippen LogP contribution >= 0.6 is 0 Å². The van der Waals surface area contributed by atoms with Crippen LogP contribution in [-0.4, -0.2) is 109 Å². The molecule has 16 nitrogen and oxygen atoms in total. The summed E-state index contributed by atoms with van der Waals surface area (Å²) in [7, 11) is -1.30. The largest absolute Gasteiger partial charge is 0.497 e. The number of hydrogen-bond donors (Lipinski definition) is 4. The van der Waals surface area contributed by atoms with Gasteiger partial charge in [0, 0.05) is 37.5 Å². The standard InChI is InChI=1S/C44H58F2N6O10S/c1-25(2)33-34-32(27-21-26(60-7)15-16-29(27)48-33)43(45,46)23-42(61-34)22-31-36(53)50-44(38(55)51-63(57,58)41(5)17-18-41)28(35(44)47)13-11-9-8-10-12-14-30(37(54)52(31)24-42)49-39(56)62-40(3,4)19-20-59-6/h13,15-16,21,25,30-31,47H,8-12,14,17-20,22-24H2,1-7H3,(H,49,56)(H,50,53)(H,51,55). The van der Waals surface area contributed by atoms with Crippen molar-refractivity contribution in [1.29, 1.82) is 5.41 Å². The molecule has 1 aromatic carbocycles. The predicted molar refractivity (Wildman–Crippen MR) is 227 cm³/mol. The fourth-order valence-corrected chi connectivity index (χ4v) is 10.3. The number of rotatable bonds is 10. The van der Waals surface area contributed by atoms with E-state index in [1.54, 1.807) is 45.9 Å². The molecule has 4 heterocycles. The maximum Gasteiger partial charge on any atom is 0.408 e. The van der Waals surface area contributed by atoms with Crippen LogP contribution in [0.4, 0.5) is 13.6 Å². The Morgan fingerprint density at radius 1 is 1.13 bits per heavy atom. The summed E-state index contributed by atoms with van der Waals surface area (Å²) in [5, 5.41) is 14.3. The van der Waals surface area contributed by atoms with Crippen LogP contribution in [0.5, 0.6) is 11.5 Å². The van der Waals surface area contributed by atoms with E-state index in [2.05, 4.69) is 15.4 Å². The monoisotopic (exact) mass is 900 g/mol. The summed E-state index contributed by atoms with van der Waals surface area (Å²) < 4.78 is 84.8. The smallest absolute Gasteiger partial charge is 0.408 e. The van der Waals surface area contributed by atoms with Crippen molar-refractivity contribution in [3.63, 3.8) is 0 Å². The van der Waals surface area contributed by atoms with Gasteiger partial charge in [-0.15, -0.1) is 0 Å². The average Bonchev–Trinajstić information content (AvgIpc) is 4.05. The number of nitrogens with zero attached hydrogens (tertiary/aromatic N) is 2. The van der Waals surface area contributed by atoms with Crippen LogP contribution in [0.1, 0.15) is 122 Å². The summed E-state index contributed by atoms with van der Waals surface area (Å²) in [6.45, 7) is 8.19. The van der Waals surface area contributed by atoms with Crippen LogP contribution in [0.15, 0.2) is 29.8 Å². The van der Waals surface area contributed by atoms with Gasteiger partial charge in [0.15, 0.2) is 11.3 Å². The molecule has 4 atom stereocenters. The van der Waals surface area contributed by atoms with E-state index < -0.39 is 104 Å². The van der Waals surface area contributed by atoms with Crippen molar-refractivity contribution >= 4 is 50.5 Å². The Morgan fingerprint density at radius 3 is 2.51 bits per heavy atom. The number of aromatic nitrogens is 1. The minimum atomic E-state index is -4.23. The molecule has 3 aliphatic heterocycles. The molecule has 5 aliphatic rings. The van der Waals surface area contributed by atoms with Gasteiger partial charge in [-0.3, -0.25) is 14.4 Å². The second-order valence-corrected chi connectivity index (χ2v) is 21.0. The van der Waals surface area contributed by atoms with Crippen molar-refractivity contribution in [2.45, 2.75) is 151 Å². The Morgan fingerprint density at radius 2 is 1.84 bits per heavy atom. The number of halogens is 2. The zero-order valence-corrected chi connectivity index (χ0v) is 37.7.